The van der Waals surface area contributed by atoms with Crippen molar-refractivity contribution in [1.82, 2.24) is 24.0 Å². The molecule has 3 rings (SSSR count). The summed E-state index contributed by atoms with van der Waals surface area (Å²) in [6.07, 6.45) is 0.816. The lowest BCUT2D eigenvalue weighted by molar-refractivity contribution is -0.137. The molecule has 0 saturated carbocycles. The van der Waals surface area contributed by atoms with E-state index in [1.165, 1.54) is 29.6 Å². The Morgan fingerprint density at radius 3 is 2.34 bits per heavy atom. The van der Waals surface area contributed by atoms with E-state index in [9.17, 15) is 19.5 Å². The van der Waals surface area contributed by atoms with E-state index in [-0.39, 0.29) is 23.8 Å². The van der Waals surface area contributed by atoms with Crippen molar-refractivity contribution in [3.05, 3.63) is 63.1 Å². The Kier molecular flexibility index (Phi) is 7.08. The molecule has 2 aromatic heterocycles. The van der Waals surface area contributed by atoms with Gasteiger partial charge in [-0.05, 0) is 19.5 Å². The number of aliphatic hydroxyl groups excluding tert-OH is 1. The number of nitrogens with one attached hydrogen (secondary N) is 1. The highest BCUT2D eigenvalue weighted by Gasteiger charge is 2.15. The number of rotatable bonds is 5. The molecule has 1 aromatic carbocycles. The number of imidazole rings is 1. The molecule has 0 bridgehead atoms. The average molecular weight is 403 g/mol. The van der Waals surface area contributed by atoms with Gasteiger partial charge in [-0.15, -0.1) is 0 Å². The number of carbonyl (C=O) groups is 1. The van der Waals surface area contributed by atoms with Crippen LogP contribution >= 0.6 is 0 Å². The molecule has 0 amide bonds. The summed E-state index contributed by atoms with van der Waals surface area (Å²) in [6, 6.07) is 9.76. The Hall–Kier alpha value is -3.24. The smallest absolute Gasteiger partial charge is 0.332 e. The topological polar surface area (TPSA) is 131 Å². The fraction of sp³-hybridized carbons (Fsp3) is 0.368. The van der Waals surface area contributed by atoms with Crippen LogP contribution in [-0.2, 0) is 25.4 Å². The molecule has 3 N–H and O–H groups in total. The molecular weight excluding hydrogens is 378 g/mol. The number of likely N-dealkylation sites (N-methyl/N-ethyl adjacent to an activating group) is 1. The van der Waals surface area contributed by atoms with E-state index in [1.807, 2.05) is 44.3 Å². The molecule has 10 nitrogen and oxygen atoms in total. The average Bonchev–Trinajstić information content (AvgIpc) is 3.13. The van der Waals surface area contributed by atoms with Gasteiger partial charge in [0.1, 0.15) is 6.54 Å². The Bertz CT molecular complexity index is 1100. The van der Waals surface area contributed by atoms with Crippen LogP contribution in [0.1, 0.15) is 18.6 Å². The maximum atomic E-state index is 11.9. The van der Waals surface area contributed by atoms with Crippen molar-refractivity contribution >= 4 is 17.1 Å². The van der Waals surface area contributed by atoms with Crippen molar-refractivity contribution in [3.8, 4) is 0 Å². The lowest BCUT2D eigenvalue weighted by Gasteiger charge is -2.17. The van der Waals surface area contributed by atoms with Crippen molar-refractivity contribution in [2.75, 3.05) is 7.05 Å². The molecule has 0 saturated heterocycles. The van der Waals surface area contributed by atoms with E-state index in [1.54, 1.807) is 0 Å². The van der Waals surface area contributed by atoms with E-state index < -0.39 is 23.3 Å². The molecule has 0 spiro atoms. The second-order valence-corrected chi connectivity index (χ2v) is 6.58. The number of aryl methyl sites for hydroxylation is 1. The number of carboxylic acid groups (broad SMARTS) is 1. The lowest BCUT2D eigenvalue weighted by atomic mass is 10.0. The van der Waals surface area contributed by atoms with E-state index in [0.717, 1.165) is 10.1 Å². The van der Waals surface area contributed by atoms with Gasteiger partial charge < -0.3 is 20.1 Å². The zero-order valence-corrected chi connectivity index (χ0v) is 16.7. The molecule has 10 heteroatoms. The third kappa shape index (κ3) is 4.79. The van der Waals surface area contributed by atoms with Gasteiger partial charge in [0, 0.05) is 20.1 Å². The Balaban J connectivity index is 0.000000221. The zero-order chi connectivity index (χ0) is 21.7. The van der Waals surface area contributed by atoms with Crippen LogP contribution in [0.3, 0.4) is 0 Å². The van der Waals surface area contributed by atoms with Gasteiger partial charge in [0.2, 0.25) is 0 Å². The van der Waals surface area contributed by atoms with Crippen molar-refractivity contribution < 1.29 is 15.0 Å². The van der Waals surface area contributed by atoms with Crippen molar-refractivity contribution in [2.45, 2.75) is 25.6 Å². The third-order valence-electron chi connectivity index (χ3n) is 4.59. The van der Waals surface area contributed by atoms with Crippen molar-refractivity contribution in [3.63, 3.8) is 0 Å². The first-order valence-corrected chi connectivity index (χ1v) is 8.92. The Morgan fingerprint density at radius 1 is 1.17 bits per heavy atom. The first kappa shape index (κ1) is 22.1. The fourth-order valence-corrected chi connectivity index (χ4v) is 2.76. The summed E-state index contributed by atoms with van der Waals surface area (Å²) in [5.41, 5.74) is 0.195. The van der Waals surface area contributed by atoms with Gasteiger partial charge in [-0.3, -0.25) is 18.7 Å². The summed E-state index contributed by atoms with van der Waals surface area (Å²) in [6.45, 7) is 1.58. The molecule has 0 aliphatic carbocycles. The zero-order valence-electron chi connectivity index (χ0n) is 16.7. The number of aromatic nitrogens is 4. The highest BCUT2D eigenvalue weighted by molar-refractivity contribution is 5.74. The largest absolute Gasteiger partial charge is 0.480 e. The molecule has 29 heavy (non-hydrogen) atoms. The summed E-state index contributed by atoms with van der Waals surface area (Å²) < 4.78 is 3.33. The van der Waals surface area contributed by atoms with Crippen LogP contribution in [0, 0.1) is 0 Å². The van der Waals surface area contributed by atoms with Crippen molar-refractivity contribution in [1.29, 1.82) is 0 Å². The van der Waals surface area contributed by atoms with Crippen LogP contribution in [0.2, 0.25) is 0 Å². The van der Waals surface area contributed by atoms with Crippen LogP contribution in [0.15, 0.2) is 46.2 Å². The van der Waals surface area contributed by atoms with Gasteiger partial charge >= 0.3 is 11.7 Å². The number of benzene rings is 1. The SMILES string of the molecule is CN[C@@H](C)[C@H](O)c1ccccc1.Cn1c(=O)c2c(ncn2CC(=O)O)n(C)c1=O. The summed E-state index contributed by atoms with van der Waals surface area (Å²) in [4.78, 5) is 38.0. The van der Waals surface area contributed by atoms with Gasteiger partial charge in [-0.25, -0.2) is 9.78 Å². The maximum absolute atomic E-state index is 11.9. The third-order valence-corrected chi connectivity index (χ3v) is 4.59. The monoisotopic (exact) mass is 403 g/mol. The van der Waals surface area contributed by atoms with Crippen LogP contribution in [-0.4, -0.2) is 48.0 Å². The van der Waals surface area contributed by atoms with E-state index in [0.29, 0.717) is 0 Å². The van der Waals surface area contributed by atoms with Gasteiger partial charge in [0.15, 0.2) is 11.2 Å². The summed E-state index contributed by atoms with van der Waals surface area (Å²) in [5.74, 6) is -1.08. The van der Waals surface area contributed by atoms with Crippen molar-refractivity contribution in [2.24, 2.45) is 14.1 Å². The standard InChI is InChI=1S/C10H15NO.C9H10N4O4/c1-8(11-2)10(12)9-6-4-3-5-7-9;1-11-7-6(8(16)12(2)9(11)17)13(4-10-7)3-5(14)15/h3-8,10-12H,1-2H3;4H,3H2,1-2H3,(H,14,15)/t8-,10-;/m0./s1. The van der Waals surface area contributed by atoms with E-state index >= 15 is 0 Å². The van der Waals surface area contributed by atoms with Gasteiger partial charge in [-0.1, -0.05) is 30.3 Å². The minimum absolute atomic E-state index is 0.0902. The minimum atomic E-state index is -1.08. The van der Waals surface area contributed by atoms with Crippen LogP contribution in [0.5, 0.6) is 0 Å². The number of fused-ring (bicyclic) bond motifs is 1. The number of aliphatic carboxylic acids is 1. The molecule has 0 radical (unpaired) electrons. The molecular formula is C19H25N5O5. The number of carboxylic acids is 1. The highest BCUT2D eigenvalue weighted by Crippen LogP contribution is 2.15. The second-order valence-electron chi connectivity index (χ2n) is 6.58. The molecule has 156 valence electrons. The lowest BCUT2D eigenvalue weighted by Crippen LogP contribution is -2.37. The first-order valence-electron chi connectivity index (χ1n) is 8.92. The predicted octanol–water partition coefficient (Wildman–Crippen LogP) is -0.154. The van der Waals surface area contributed by atoms with E-state index in [2.05, 4.69) is 10.3 Å². The molecule has 0 fully saturated rings. The number of hydrogen-bond donors (Lipinski definition) is 3. The molecule has 0 unspecified atom stereocenters. The van der Waals surface area contributed by atoms with E-state index in [4.69, 9.17) is 5.11 Å². The highest BCUT2D eigenvalue weighted by atomic mass is 16.4. The fourth-order valence-electron chi connectivity index (χ4n) is 2.76. The number of hydrogen-bond acceptors (Lipinski definition) is 6. The number of aliphatic hydroxyl groups is 1. The summed E-state index contributed by atoms with van der Waals surface area (Å²) >= 11 is 0. The van der Waals surface area contributed by atoms with Gasteiger partial charge in [0.25, 0.3) is 5.56 Å². The van der Waals surface area contributed by atoms with Crippen LogP contribution in [0.25, 0.3) is 11.2 Å². The second kappa shape index (κ2) is 9.30. The minimum Gasteiger partial charge on any atom is -0.480 e. The first-order chi connectivity index (χ1) is 13.7. The van der Waals surface area contributed by atoms with Gasteiger partial charge in [0.05, 0.1) is 12.4 Å². The Morgan fingerprint density at radius 2 is 1.79 bits per heavy atom. The molecule has 2 heterocycles. The van der Waals surface area contributed by atoms with Crippen LogP contribution < -0.4 is 16.6 Å². The maximum Gasteiger partial charge on any atom is 0.332 e. The van der Waals surface area contributed by atoms with Crippen LogP contribution in [0.4, 0.5) is 0 Å². The predicted molar refractivity (Wildman–Crippen MR) is 108 cm³/mol. The number of nitrogens with zero attached hydrogens (tertiary/aromatic N) is 4. The molecule has 0 aliphatic rings. The quantitative estimate of drug-likeness (QED) is 0.540. The summed E-state index contributed by atoms with van der Waals surface area (Å²) in [5, 5.41) is 21.4. The molecule has 0 aliphatic heterocycles. The summed E-state index contributed by atoms with van der Waals surface area (Å²) in [7, 11) is 4.65. The normalized spacial score (nSPS) is 12.9. The Labute approximate surface area is 166 Å². The molecule has 2 atom stereocenters. The van der Waals surface area contributed by atoms with Gasteiger partial charge in [-0.2, -0.15) is 0 Å². The molecule has 3 aromatic rings.